The van der Waals surface area contributed by atoms with E-state index in [-0.39, 0.29) is 17.1 Å². The van der Waals surface area contributed by atoms with Crippen LogP contribution in [-0.2, 0) is 0 Å². The van der Waals surface area contributed by atoms with Gasteiger partial charge in [0.05, 0.1) is 10.6 Å². The number of allylic oxidation sites excluding steroid dienone is 1. The number of fused-ring (bicyclic) bond motifs is 2. The van der Waals surface area contributed by atoms with Gasteiger partial charge in [-0.25, -0.2) is 0 Å². The van der Waals surface area contributed by atoms with Crippen LogP contribution in [0.3, 0.4) is 0 Å². The second-order valence-corrected chi connectivity index (χ2v) is 6.96. The van der Waals surface area contributed by atoms with Gasteiger partial charge in [0, 0.05) is 20.9 Å². The van der Waals surface area contributed by atoms with Crippen LogP contribution in [-0.4, -0.2) is 11.6 Å². The lowest BCUT2D eigenvalue weighted by Gasteiger charge is -2.00. The van der Waals surface area contributed by atoms with Gasteiger partial charge < -0.3 is 5.73 Å². The third-order valence-corrected chi connectivity index (χ3v) is 5.34. The standard InChI is InChI=1S/C18H11NO2S2/c19-18-15(22)8-11(23-18)7-14-16(20)12-5-9-3-1-2-4-10(9)6-13(12)17(14)21/h1-8,22H,19H2. The first-order valence-electron chi connectivity index (χ1n) is 6.97. The summed E-state index contributed by atoms with van der Waals surface area (Å²) in [6, 6.07) is 13.0. The zero-order chi connectivity index (χ0) is 16.1. The Morgan fingerprint density at radius 3 is 2.00 bits per heavy atom. The number of thiol groups is 1. The molecular formula is C18H11NO2S2. The first-order valence-corrected chi connectivity index (χ1v) is 8.23. The number of nitrogen functional groups attached to an aromatic ring is 1. The minimum absolute atomic E-state index is 0.185. The smallest absolute Gasteiger partial charge is 0.197 e. The predicted octanol–water partition coefficient (Wildman–Crippen LogP) is 4.23. The Kier molecular flexibility index (Phi) is 3.14. The van der Waals surface area contributed by atoms with E-state index in [9.17, 15) is 9.59 Å². The molecule has 0 bridgehead atoms. The Hall–Kier alpha value is -2.37. The first kappa shape index (κ1) is 14.2. The average Bonchev–Trinajstić information content (AvgIpc) is 2.98. The number of anilines is 1. The lowest BCUT2D eigenvalue weighted by molar-refractivity contribution is 0.0990. The molecule has 112 valence electrons. The fourth-order valence-corrected chi connectivity index (χ4v) is 3.90. The van der Waals surface area contributed by atoms with E-state index < -0.39 is 0 Å². The summed E-state index contributed by atoms with van der Waals surface area (Å²) in [5.41, 5.74) is 6.90. The number of ketones is 2. The van der Waals surface area contributed by atoms with Crippen molar-refractivity contribution in [3.8, 4) is 0 Å². The molecule has 1 aromatic heterocycles. The number of Topliss-reactive ketones (excluding diaryl/α,β-unsaturated/α-hetero) is 2. The summed E-state index contributed by atoms with van der Waals surface area (Å²) in [4.78, 5) is 26.6. The quantitative estimate of drug-likeness (QED) is 0.397. The van der Waals surface area contributed by atoms with E-state index >= 15 is 0 Å². The number of carbonyl (C=O) groups excluding carboxylic acids is 2. The largest absolute Gasteiger partial charge is 0.390 e. The van der Waals surface area contributed by atoms with Crippen LogP contribution in [0.2, 0.25) is 0 Å². The molecular weight excluding hydrogens is 326 g/mol. The molecule has 0 fully saturated rings. The molecule has 4 rings (SSSR count). The van der Waals surface area contributed by atoms with Crippen LogP contribution in [0.1, 0.15) is 25.6 Å². The van der Waals surface area contributed by atoms with Gasteiger partial charge in [0.1, 0.15) is 0 Å². The summed E-state index contributed by atoms with van der Waals surface area (Å²) in [6.45, 7) is 0. The molecule has 0 saturated heterocycles. The summed E-state index contributed by atoms with van der Waals surface area (Å²) in [7, 11) is 0. The second-order valence-electron chi connectivity index (χ2n) is 5.36. The van der Waals surface area contributed by atoms with E-state index in [2.05, 4.69) is 12.6 Å². The number of benzene rings is 2. The van der Waals surface area contributed by atoms with E-state index in [4.69, 9.17) is 5.73 Å². The molecule has 0 spiro atoms. The third-order valence-electron chi connectivity index (χ3n) is 3.91. The van der Waals surface area contributed by atoms with Gasteiger partial charge in [-0.1, -0.05) is 24.3 Å². The molecule has 0 atom stereocenters. The fourth-order valence-electron chi connectivity index (χ4n) is 2.77. The van der Waals surface area contributed by atoms with Gasteiger partial charge in [-0.15, -0.1) is 24.0 Å². The Morgan fingerprint density at radius 1 is 0.957 bits per heavy atom. The van der Waals surface area contributed by atoms with E-state index in [0.29, 0.717) is 21.0 Å². The number of thiophene rings is 1. The minimum Gasteiger partial charge on any atom is -0.390 e. The number of carbonyl (C=O) groups is 2. The molecule has 0 saturated carbocycles. The summed E-state index contributed by atoms with van der Waals surface area (Å²) < 4.78 is 0. The molecule has 3 nitrogen and oxygen atoms in total. The average molecular weight is 337 g/mol. The van der Waals surface area contributed by atoms with Crippen molar-refractivity contribution in [3.63, 3.8) is 0 Å². The van der Waals surface area contributed by atoms with E-state index in [0.717, 1.165) is 15.6 Å². The first-order chi connectivity index (χ1) is 11.0. The third kappa shape index (κ3) is 2.20. The van der Waals surface area contributed by atoms with Crippen molar-refractivity contribution in [2.24, 2.45) is 0 Å². The molecule has 1 aliphatic carbocycles. The monoisotopic (exact) mass is 337 g/mol. The Labute approximate surface area is 141 Å². The molecule has 0 unspecified atom stereocenters. The lowest BCUT2D eigenvalue weighted by atomic mass is 10.0. The van der Waals surface area contributed by atoms with Crippen molar-refractivity contribution in [1.29, 1.82) is 0 Å². The zero-order valence-electron chi connectivity index (χ0n) is 11.9. The van der Waals surface area contributed by atoms with Crippen LogP contribution in [0.4, 0.5) is 5.00 Å². The lowest BCUT2D eigenvalue weighted by Crippen LogP contribution is -1.99. The van der Waals surface area contributed by atoms with Crippen molar-refractivity contribution < 1.29 is 9.59 Å². The van der Waals surface area contributed by atoms with Gasteiger partial charge in [-0.3, -0.25) is 9.59 Å². The maximum atomic E-state index is 12.6. The molecule has 0 amide bonds. The van der Waals surface area contributed by atoms with Crippen molar-refractivity contribution >= 4 is 57.4 Å². The van der Waals surface area contributed by atoms with Crippen LogP contribution >= 0.6 is 24.0 Å². The molecule has 3 aromatic rings. The van der Waals surface area contributed by atoms with Crippen LogP contribution in [0, 0.1) is 0 Å². The summed E-state index contributed by atoms with van der Waals surface area (Å²) >= 11 is 5.55. The molecule has 0 aliphatic heterocycles. The van der Waals surface area contributed by atoms with Gasteiger partial charge in [0.25, 0.3) is 0 Å². The highest BCUT2D eigenvalue weighted by molar-refractivity contribution is 7.80. The highest BCUT2D eigenvalue weighted by Crippen LogP contribution is 2.34. The zero-order valence-corrected chi connectivity index (χ0v) is 13.6. The van der Waals surface area contributed by atoms with E-state index in [1.165, 1.54) is 11.3 Å². The number of hydrogen-bond donors (Lipinski definition) is 2. The highest BCUT2D eigenvalue weighted by Gasteiger charge is 2.33. The van der Waals surface area contributed by atoms with Crippen LogP contribution in [0.5, 0.6) is 0 Å². The Bertz CT molecular complexity index is 955. The van der Waals surface area contributed by atoms with Crippen LogP contribution in [0.15, 0.2) is 52.9 Å². The maximum absolute atomic E-state index is 12.6. The molecule has 1 aliphatic rings. The number of nitrogens with two attached hydrogens (primary N) is 1. The van der Waals surface area contributed by atoms with Crippen molar-refractivity contribution in [2.75, 3.05) is 5.73 Å². The van der Waals surface area contributed by atoms with Crippen LogP contribution in [0.25, 0.3) is 16.8 Å². The number of rotatable bonds is 1. The molecule has 2 N–H and O–H groups in total. The molecule has 0 radical (unpaired) electrons. The predicted molar refractivity (Wildman–Crippen MR) is 96.6 cm³/mol. The Morgan fingerprint density at radius 2 is 1.52 bits per heavy atom. The molecule has 23 heavy (non-hydrogen) atoms. The molecule has 2 aromatic carbocycles. The SMILES string of the molecule is Nc1sc(C=C2C(=O)c3cc4ccccc4cc3C2=O)cc1S. The van der Waals surface area contributed by atoms with Gasteiger partial charge >= 0.3 is 0 Å². The van der Waals surface area contributed by atoms with Crippen molar-refractivity contribution in [3.05, 3.63) is 64.0 Å². The molecule has 1 heterocycles. The molecule has 5 heteroatoms. The minimum atomic E-state index is -0.233. The summed E-state index contributed by atoms with van der Waals surface area (Å²) in [5, 5.41) is 2.47. The van der Waals surface area contributed by atoms with Crippen molar-refractivity contribution in [1.82, 2.24) is 0 Å². The van der Waals surface area contributed by atoms with Crippen LogP contribution < -0.4 is 5.73 Å². The topological polar surface area (TPSA) is 60.2 Å². The normalized spacial score (nSPS) is 13.7. The Balaban J connectivity index is 1.87. The van der Waals surface area contributed by atoms with Gasteiger partial charge in [-0.05, 0) is 35.0 Å². The van der Waals surface area contributed by atoms with E-state index in [1.54, 1.807) is 24.3 Å². The number of hydrogen-bond acceptors (Lipinski definition) is 5. The second kappa shape index (κ2) is 5.08. The van der Waals surface area contributed by atoms with Gasteiger partial charge in [-0.2, -0.15) is 0 Å². The van der Waals surface area contributed by atoms with Gasteiger partial charge in [0.2, 0.25) is 0 Å². The maximum Gasteiger partial charge on any atom is 0.197 e. The summed E-state index contributed by atoms with van der Waals surface area (Å²) in [5.74, 6) is -0.466. The van der Waals surface area contributed by atoms with E-state index in [1.807, 2.05) is 24.3 Å². The van der Waals surface area contributed by atoms with Crippen molar-refractivity contribution in [2.45, 2.75) is 4.90 Å². The highest BCUT2D eigenvalue weighted by atomic mass is 32.1. The summed E-state index contributed by atoms with van der Waals surface area (Å²) in [6.07, 6.45) is 1.61. The fraction of sp³-hybridized carbons (Fsp3) is 0. The van der Waals surface area contributed by atoms with Gasteiger partial charge in [0.15, 0.2) is 11.6 Å².